The van der Waals surface area contributed by atoms with Crippen molar-refractivity contribution in [2.45, 2.75) is 114 Å². The molecule has 2 fully saturated rings. The maximum Gasteiger partial charge on any atom is 0.326 e. The maximum absolute atomic E-state index is 13.8. The summed E-state index contributed by atoms with van der Waals surface area (Å²) in [6.07, 6.45) is 8.70. The van der Waals surface area contributed by atoms with Gasteiger partial charge in [0, 0.05) is 42.7 Å². The van der Waals surface area contributed by atoms with Gasteiger partial charge in [-0.2, -0.15) is 0 Å². The minimum absolute atomic E-state index is 0.0552. The summed E-state index contributed by atoms with van der Waals surface area (Å²) < 4.78 is 39.7. The van der Waals surface area contributed by atoms with Gasteiger partial charge in [-0.3, -0.25) is 34.1 Å². The van der Waals surface area contributed by atoms with Crippen LogP contribution >= 0.6 is 0 Å². The molecule has 2 saturated heterocycles. The highest BCUT2D eigenvalue weighted by atomic mass is 16.5. The number of nitrogens with zero attached hydrogens (tertiary/aromatic N) is 2. The topological polar surface area (TPSA) is 247 Å². The molecule has 3 aliphatic rings. The van der Waals surface area contributed by atoms with Gasteiger partial charge in [0.2, 0.25) is 23.5 Å². The molecule has 4 aromatic rings. The van der Waals surface area contributed by atoms with Crippen LogP contribution < -0.4 is 49.1 Å². The van der Waals surface area contributed by atoms with Crippen LogP contribution in [-0.2, 0) is 54.6 Å². The monoisotopic (exact) mass is 1090 g/mol. The number of carboxylic acid groups (broad SMARTS) is 1. The van der Waals surface area contributed by atoms with Crippen LogP contribution in [-0.4, -0.2) is 137 Å². The first-order valence-corrected chi connectivity index (χ1v) is 27.0. The van der Waals surface area contributed by atoms with Gasteiger partial charge in [-0.25, -0.2) is 4.79 Å². The number of imide groups is 1. The molecule has 424 valence electrons. The summed E-state index contributed by atoms with van der Waals surface area (Å²) in [7, 11) is 7.63. The zero-order valence-electron chi connectivity index (χ0n) is 45.8. The van der Waals surface area contributed by atoms with Crippen molar-refractivity contribution in [2.24, 2.45) is 0 Å². The number of methoxy groups -OCH3 is 5. The van der Waals surface area contributed by atoms with E-state index >= 15 is 0 Å². The highest BCUT2D eigenvalue weighted by molar-refractivity contribution is 6.05. The highest BCUT2D eigenvalue weighted by Crippen LogP contribution is 2.45. The SMILES string of the molecule is COc1cc(CC(=O)N2CCC(c3c(CCCc4cccc(OCC(=O)NCCCCCCCCNC(=O)COc5cccc6c5CN(C5CCC(=O)NC5=O)C6=O)c4)ccc(OC)c3OC)C[C@H]2C(=O)O)cc(OC)c1OC. The second-order valence-electron chi connectivity index (χ2n) is 19.8. The molecule has 6 amide bonds. The van der Waals surface area contributed by atoms with Crippen LogP contribution in [0.15, 0.2) is 66.7 Å². The van der Waals surface area contributed by atoms with Crippen molar-refractivity contribution in [3.63, 3.8) is 0 Å². The Morgan fingerprint density at radius 2 is 1.33 bits per heavy atom. The Labute approximate surface area is 460 Å². The van der Waals surface area contributed by atoms with Crippen LogP contribution in [0.2, 0.25) is 0 Å². The normalized spacial score (nSPS) is 16.8. The summed E-state index contributed by atoms with van der Waals surface area (Å²) in [5.41, 5.74) is 4.56. The van der Waals surface area contributed by atoms with E-state index in [1.54, 1.807) is 44.6 Å². The van der Waals surface area contributed by atoms with Crippen LogP contribution in [0.1, 0.15) is 115 Å². The number of piperidine rings is 2. The summed E-state index contributed by atoms with van der Waals surface area (Å²) in [4.78, 5) is 91.9. The molecule has 3 aliphatic heterocycles. The summed E-state index contributed by atoms with van der Waals surface area (Å²) >= 11 is 0. The molecule has 3 atom stereocenters. The van der Waals surface area contributed by atoms with Gasteiger partial charge in [-0.05, 0) is 116 Å². The summed E-state index contributed by atoms with van der Waals surface area (Å²) in [5, 5.41) is 18.6. The molecule has 3 heterocycles. The molecule has 20 nitrogen and oxygen atoms in total. The van der Waals surface area contributed by atoms with E-state index in [2.05, 4.69) is 16.0 Å². The molecule has 4 aromatic carbocycles. The Morgan fingerprint density at radius 3 is 1.97 bits per heavy atom. The lowest BCUT2D eigenvalue weighted by atomic mass is 9.81. The van der Waals surface area contributed by atoms with E-state index in [1.807, 2.05) is 36.4 Å². The molecule has 2 unspecified atom stereocenters. The second kappa shape index (κ2) is 28.6. The molecule has 0 saturated carbocycles. The van der Waals surface area contributed by atoms with E-state index in [0.29, 0.717) is 89.3 Å². The van der Waals surface area contributed by atoms with Gasteiger partial charge in [-0.15, -0.1) is 0 Å². The molecule has 0 aromatic heterocycles. The maximum atomic E-state index is 13.8. The lowest BCUT2D eigenvalue weighted by molar-refractivity contribution is -0.152. The number of aryl methyl sites for hydroxylation is 2. The molecule has 0 radical (unpaired) electrons. The van der Waals surface area contributed by atoms with Crippen LogP contribution in [0.4, 0.5) is 0 Å². The fourth-order valence-electron chi connectivity index (χ4n) is 10.7. The molecule has 4 N–H and O–H groups in total. The van der Waals surface area contributed by atoms with E-state index in [1.165, 1.54) is 31.1 Å². The van der Waals surface area contributed by atoms with Crippen LogP contribution in [0, 0.1) is 0 Å². The van der Waals surface area contributed by atoms with Gasteiger partial charge in [0.05, 0.1) is 48.5 Å². The van der Waals surface area contributed by atoms with Crippen LogP contribution in [0.5, 0.6) is 40.2 Å². The van der Waals surface area contributed by atoms with Gasteiger partial charge < -0.3 is 58.7 Å². The van der Waals surface area contributed by atoms with Gasteiger partial charge in [0.15, 0.2) is 36.2 Å². The Morgan fingerprint density at radius 1 is 0.671 bits per heavy atom. The van der Waals surface area contributed by atoms with Crippen LogP contribution in [0.3, 0.4) is 0 Å². The van der Waals surface area contributed by atoms with E-state index in [-0.39, 0.29) is 87.4 Å². The zero-order valence-corrected chi connectivity index (χ0v) is 45.8. The molecular formula is C59H73N5O15. The number of unbranched alkanes of at least 4 members (excludes halogenated alkanes) is 5. The number of hydrogen-bond donors (Lipinski definition) is 4. The number of carbonyl (C=O) groups is 7. The Hall–Kier alpha value is -8.03. The highest BCUT2D eigenvalue weighted by Gasteiger charge is 2.41. The van der Waals surface area contributed by atoms with E-state index in [0.717, 1.165) is 61.6 Å². The Kier molecular flexibility index (Phi) is 21.2. The summed E-state index contributed by atoms with van der Waals surface area (Å²) in [6.45, 7) is 1.10. The van der Waals surface area contributed by atoms with E-state index < -0.39 is 24.0 Å². The Bertz CT molecular complexity index is 2810. The minimum Gasteiger partial charge on any atom is -0.493 e. The smallest absolute Gasteiger partial charge is 0.326 e. The molecule has 7 rings (SSSR count). The number of ether oxygens (including phenoxy) is 7. The predicted molar refractivity (Wildman–Crippen MR) is 290 cm³/mol. The van der Waals surface area contributed by atoms with E-state index in [4.69, 9.17) is 33.2 Å². The number of carbonyl (C=O) groups excluding carboxylic acids is 6. The number of benzene rings is 4. The van der Waals surface area contributed by atoms with Crippen molar-refractivity contribution >= 4 is 41.4 Å². The number of fused-ring (bicyclic) bond motifs is 1. The van der Waals surface area contributed by atoms with Crippen LogP contribution in [0.25, 0.3) is 0 Å². The third-order valence-corrected chi connectivity index (χ3v) is 14.7. The average Bonchev–Trinajstić information content (AvgIpc) is 3.95. The third kappa shape index (κ3) is 15.2. The van der Waals surface area contributed by atoms with E-state index in [9.17, 15) is 38.7 Å². The molecule has 79 heavy (non-hydrogen) atoms. The molecule has 0 aliphatic carbocycles. The average molecular weight is 1090 g/mol. The first-order valence-electron chi connectivity index (χ1n) is 27.0. The van der Waals surface area contributed by atoms with Crippen molar-refractivity contribution in [2.75, 3.05) is 68.4 Å². The van der Waals surface area contributed by atoms with Gasteiger partial charge in [0.25, 0.3) is 17.7 Å². The first kappa shape index (κ1) is 58.6. The molecule has 20 heteroatoms. The number of hydrogen-bond acceptors (Lipinski definition) is 14. The number of amides is 6. The molecular weight excluding hydrogens is 1020 g/mol. The lowest BCUT2D eigenvalue weighted by Gasteiger charge is -2.38. The minimum atomic E-state index is -1.09. The first-order chi connectivity index (χ1) is 38.3. The van der Waals surface area contributed by atoms with Crippen molar-refractivity contribution < 1.29 is 71.8 Å². The standard InChI is InChI=1S/C59H73N5O15/c1-73-47-23-21-39(54(56(47)77-5)40-25-28-63(45(33-40)59(71)72)53(68)32-38-30-48(74-2)55(76-4)49(31-38)75-3)17-12-15-37-16-13-18-41(29-37)78-35-51(66)60-26-10-8-6-7-9-11-27-61-52(67)36-79-46-20-14-19-42-43(46)34-64(58(42)70)44-22-24-50(65)62-57(44)69/h13-14,16,18-21,23,29-31,40,44-45H,6-12,15,17,22,24-28,32-36H2,1-5H3,(H,60,66)(H,61,67)(H,71,72)(H,62,65,69)/t40?,44?,45-/m0/s1. The zero-order chi connectivity index (χ0) is 56.4. The fraction of sp³-hybridized carbons (Fsp3) is 0.475. The summed E-state index contributed by atoms with van der Waals surface area (Å²) in [5.74, 6) is 0.0240. The number of aliphatic carboxylic acids is 1. The number of nitrogens with one attached hydrogen (secondary N) is 3. The van der Waals surface area contributed by atoms with Gasteiger partial charge >= 0.3 is 5.97 Å². The fourth-order valence-corrected chi connectivity index (χ4v) is 10.7. The van der Waals surface area contributed by atoms with Crippen molar-refractivity contribution in [1.82, 2.24) is 25.8 Å². The van der Waals surface area contributed by atoms with Gasteiger partial charge in [-0.1, -0.05) is 49.9 Å². The molecule has 0 bridgehead atoms. The lowest BCUT2D eigenvalue weighted by Crippen LogP contribution is -2.52. The number of likely N-dealkylation sites (tertiary alicyclic amines) is 1. The molecule has 0 spiro atoms. The predicted octanol–water partition coefficient (Wildman–Crippen LogP) is 6.10. The quantitative estimate of drug-likeness (QED) is 0.0355. The van der Waals surface area contributed by atoms with Gasteiger partial charge in [0.1, 0.15) is 23.6 Å². The number of rotatable bonds is 29. The largest absolute Gasteiger partial charge is 0.493 e. The summed E-state index contributed by atoms with van der Waals surface area (Å²) in [6, 6.07) is 18.2. The Balaban J connectivity index is 0.783. The van der Waals surface area contributed by atoms with Crippen molar-refractivity contribution in [3.05, 3.63) is 100 Å². The van der Waals surface area contributed by atoms with Crippen molar-refractivity contribution in [3.8, 4) is 40.2 Å². The number of carboxylic acids is 1. The van der Waals surface area contributed by atoms with Crippen molar-refractivity contribution in [1.29, 1.82) is 0 Å². The second-order valence-corrected chi connectivity index (χ2v) is 19.8. The third-order valence-electron chi connectivity index (χ3n) is 14.7.